The minimum atomic E-state index is -1.62. The van der Waals surface area contributed by atoms with Crippen LogP contribution in [-0.2, 0) is 11.2 Å². The normalized spacial score (nSPS) is 12.8. The van der Waals surface area contributed by atoms with Crippen LogP contribution in [0.25, 0.3) is 22.2 Å². The Kier molecular flexibility index (Phi) is 7.25. The van der Waals surface area contributed by atoms with Crippen molar-refractivity contribution in [3.63, 3.8) is 0 Å². The maximum absolute atomic E-state index is 12.9. The molecular weight excluding hydrogens is 530 g/mol. The van der Waals surface area contributed by atoms with E-state index in [1.54, 1.807) is 42.5 Å². The van der Waals surface area contributed by atoms with E-state index >= 15 is 0 Å². The van der Waals surface area contributed by atoms with Gasteiger partial charge in [0.15, 0.2) is 0 Å². The quantitative estimate of drug-likeness (QED) is 0.265. The smallest absolute Gasteiger partial charge is 0.329 e. The molecule has 3 aromatic carbocycles. The molecule has 0 saturated heterocycles. The first-order chi connectivity index (χ1) is 16.6. The molecule has 4 rings (SSSR count). The van der Waals surface area contributed by atoms with Crippen LogP contribution in [0.4, 0.5) is 0 Å². The maximum Gasteiger partial charge on any atom is 0.329 e. The maximum atomic E-state index is 12.9. The van der Waals surface area contributed by atoms with Crippen LogP contribution in [0.3, 0.4) is 0 Å². The van der Waals surface area contributed by atoms with Crippen LogP contribution in [0.5, 0.6) is 0 Å². The van der Waals surface area contributed by atoms with Gasteiger partial charge in [-0.15, -0.1) is 0 Å². The first-order valence-electron chi connectivity index (χ1n) is 10.4. The van der Waals surface area contributed by atoms with E-state index in [2.05, 4.69) is 10.3 Å². The molecule has 0 saturated carbocycles. The van der Waals surface area contributed by atoms with E-state index < -0.39 is 17.4 Å². The van der Waals surface area contributed by atoms with Crippen LogP contribution in [0.1, 0.15) is 22.8 Å². The molecule has 0 unspecified atom stereocenters. The third-order valence-corrected chi connectivity index (χ3v) is 6.84. The lowest BCUT2D eigenvalue weighted by Crippen LogP contribution is -2.53. The van der Waals surface area contributed by atoms with Crippen LogP contribution in [0, 0.1) is 0 Å². The zero-order valence-electron chi connectivity index (χ0n) is 18.3. The lowest BCUT2D eigenvalue weighted by molar-refractivity contribution is -0.143. The Bertz CT molecular complexity index is 1430. The van der Waals surface area contributed by atoms with E-state index in [1.165, 1.54) is 19.1 Å². The predicted molar refractivity (Wildman–Crippen MR) is 141 cm³/mol. The van der Waals surface area contributed by atoms with Gasteiger partial charge in [0, 0.05) is 17.4 Å². The van der Waals surface area contributed by atoms with Gasteiger partial charge >= 0.3 is 5.97 Å². The SMILES string of the molecule is C[C@@](Cc1ccc2nc(-c3c(Cl)cccc3Cl)ccc2c1)(NC(=O)c1c(Cl)cccc1Cl)C(=O)O. The number of carboxylic acids is 1. The van der Waals surface area contributed by atoms with Gasteiger partial charge in [-0.2, -0.15) is 0 Å². The van der Waals surface area contributed by atoms with Crippen molar-refractivity contribution in [3.8, 4) is 11.3 Å². The van der Waals surface area contributed by atoms with Crippen molar-refractivity contribution in [2.24, 2.45) is 0 Å². The standard InChI is InChI=1S/C26H18Cl4N2O3/c1-26(25(34)35,32-24(33)23-18(29)6-3-7-19(23)30)13-14-8-10-20-15(12-14)9-11-21(31-20)22-16(27)4-2-5-17(22)28/h2-12H,13H2,1H3,(H,32,33)(H,34,35)/t26-/m0/s1. The molecule has 1 amide bonds. The summed E-state index contributed by atoms with van der Waals surface area (Å²) in [5.41, 5.74) is 1.05. The largest absolute Gasteiger partial charge is 0.480 e. The average Bonchev–Trinajstić information content (AvgIpc) is 2.78. The molecule has 0 aliphatic rings. The number of carboxylic acid groups (broad SMARTS) is 1. The summed E-state index contributed by atoms with van der Waals surface area (Å²) in [6.45, 7) is 1.43. The molecule has 0 fully saturated rings. The summed E-state index contributed by atoms with van der Waals surface area (Å²) in [7, 11) is 0. The summed E-state index contributed by atoms with van der Waals surface area (Å²) in [5.74, 6) is -1.87. The summed E-state index contributed by atoms with van der Waals surface area (Å²) in [4.78, 5) is 29.7. The molecule has 1 heterocycles. The molecule has 0 radical (unpaired) electrons. The number of rotatable bonds is 6. The van der Waals surface area contributed by atoms with Gasteiger partial charge in [-0.1, -0.05) is 70.7 Å². The van der Waals surface area contributed by atoms with E-state index in [0.717, 1.165) is 5.39 Å². The number of pyridine rings is 1. The summed E-state index contributed by atoms with van der Waals surface area (Å²) in [6.07, 6.45) is 0.0180. The second-order valence-electron chi connectivity index (χ2n) is 8.19. The lowest BCUT2D eigenvalue weighted by Gasteiger charge is -2.27. The fourth-order valence-corrected chi connectivity index (χ4v) is 4.94. The number of carbonyl (C=O) groups excluding carboxylic acids is 1. The molecule has 0 aliphatic heterocycles. The number of aliphatic carboxylic acids is 1. The lowest BCUT2D eigenvalue weighted by atomic mass is 9.91. The highest BCUT2D eigenvalue weighted by Crippen LogP contribution is 2.34. The van der Waals surface area contributed by atoms with E-state index in [4.69, 9.17) is 46.4 Å². The average molecular weight is 548 g/mol. The highest BCUT2D eigenvalue weighted by atomic mass is 35.5. The van der Waals surface area contributed by atoms with Gasteiger partial charge in [-0.25, -0.2) is 9.78 Å². The molecule has 4 aromatic rings. The summed E-state index contributed by atoms with van der Waals surface area (Å²) in [5, 5.41) is 14.6. The van der Waals surface area contributed by atoms with Crippen molar-refractivity contribution in [2.75, 3.05) is 0 Å². The monoisotopic (exact) mass is 546 g/mol. The molecule has 2 N–H and O–H groups in total. The van der Waals surface area contributed by atoms with Crippen molar-refractivity contribution >= 4 is 69.2 Å². The van der Waals surface area contributed by atoms with Gasteiger partial charge in [-0.05, 0) is 55.0 Å². The molecule has 1 atom stereocenters. The highest BCUT2D eigenvalue weighted by Gasteiger charge is 2.36. The zero-order valence-corrected chi connectivity index (χ0v) is 21.3. The molecule has 0 aliphatic carbocycles. The van der Waals surface area contributed by atoms with E-state index in [9.17, 15) is 14.7 Å². The summed E-state index contributed by atoms with van der Waals surface area (Å²) in [6, 6.07) is 18.9. The predicted octanol–water partition coefficient (Wildman–Crippen LogP) is 7.33. The van der Waals surface area contributed by atoms with Gasteiger partial charge in [0.2, 0.25) is 0 Å². The van der Waals surface area contributed by atoms with Gasteiger partial charge in [0.25, 0.3) is 5.91 Å². The highest BCUT2D eigenvalue weighted by molar-refractivity contribution is 6.40. The Labute approximate surface area is 221 Å². The Balaban J connectivity index is 1.63. The van der Waals surface area contributed by atoms with Crippen molar-refractivity contribution in [2.45, 2.75) is 18.9 Å². The first kappa shape index (κ1) is 25.3. The second-order valence-corrected chi connectivity index (χ2v) is 9.81. The Morgan fingerprint density at radius 3 is 2.09 bits per heavy atom. The summed E-state index contributed by atoms with van der Waals surface area (Å²) < 4.78 is 0. The van der Waals surface area contributed by atoms with Crippen LogP contribution < -0.4 is 5.32 Å². The minimum Gasteiger partial charge on any atom is -0.480 e. The van der Waals surface area contributed by atoms with Crippen molar-refractivity contribution in [3.05, 3.63) is 97.9 Å². The second kappa shape index (κ2) is 10.0. The van der Waals surface area contributed by atoms with Gasteiger partial charge < -0.3 is 10.4 Å². The van der Waals surface area contributed by atoms with E-state index in [-0.39, 0.29) is 22.0 Å². The van der Waals surface area contributed by atoms with Crippen LogP contribution in [0.2, 0.25) is 20.1 Å². The van der Waals surface area contributed by atoms with E-state index in [1.807, 2.05) is 12.1 Å². The fraction of sp³-hybridized carbons (Fsp3) is 0.115. The van der Waals surface area contributed by atoms with Gasteiger partial charge in [0.05, 0.1) is 36.9 Å². The molecule has 35 heavy (non-hydrogen) atoms. The van der Waals surface area contributed by atoms with E-state index in [0.29, 0.717) is 32.4 Å². The molecule has 0 bridgehead atoms. The third kappa shape index (κ3) is 5.24. The molecule has 5 nitrogen and oxygen atoms in total. The first-order valence-corrected chi connectivity index (χ1v) is 11.9. The molecule has 178 valence electrons. The number of benzene rings is 3. The summed E-state index contributed by atoms with van der Waals surface area (Å²) >= 11 is 24.9. The molecular formula is C26H18Cl4N2O3. The van der Waals surface area contributed by atoms with Crippen molar-refractivity contribution in [1.29, 1.82) is 0 Å². The number of aromatic nitrogens is 1. The molecule has 0 spiro atoms. The Morgan fingerprint density at radius 1 is 0.886 bits per heavy atom. The van der Waals surface area contributed by atoms with Crippen LogP contribution in [-0.4, -0.2) is 27.5 Å². The molecule has 1 aromatic heterocycles. The van der Waals surface area contributed by atoms with Crippen molar-refractivity contribution in [1.82, 2.24) is 10.3 Å². The Hall–Kier alpha value is -2.83. The van der Waals surface area contributed by atoms with Crippen LogP contribution in [0.15, 0.2) is 66.7 Å². The van der Waals surface area contributed by atoms with Crippen LogP contribution >= 0.6 is 46.4 Å². The number of fused-ring (bicyclic) bond motifs is 1. The van der Waals surface area contributed by atoms with Gasteiger partial charge in [0.1, 0.15) is 5.54 Å². The van der Waals surface area contributed by atoms with Gasteiger partial charge in [-0.3, -0.25) is 4.79 Å². The zero-order chi connectivity index (χ0) is 25.3. The minimum absolute atomic E-state index is 0.0180. The molecule has 9 heteroatoms. The number of hydrogen-bond acceptors (Lipinski definition) is 3. The number of halogens is 4. The number of hydrogen-bond donors (Lipinski definition) is 2. The Morgan fingerprint density at radius 2 is 1.49 bits per heavy atom. The van der Waals surface area contributed by atoms with Crippen molar-refractivity contribution < 1.29 is 14.7 Å². The number of nitrogens with zero attached hydrogens (tertiary/aromatic N) is 1. The number of amides is 1. The number of nitrogens with one attached hydrogen (secondary N) is 1. The number of carbonyl (C=O) groups is 2. The topological polar surface area (TPSA) is 79.3 Å². The fourth-order valence-electron chi connectivity index (χ4n) is 3.78. The third-order valence-electron chi connectivity index (χ3n) is 5.58.